The second-order valence-corrected chi connectivity index (χ2v) is 17.8. The molecule has 0 radical (unpaired) electrons. The fourth-order valence-corrected chi connectivity index (χ4v) is 11.9. The normalized spacial score (nSPS) is 12.4. The van der Waals surface area contributed by atoms with Gasteiger partial charge in [-0.3, -0.25) is 0 Å². The van der Waals surface area contributed by atoms with Crippen molar-refractivity contribution in [2.24, 2.45) is 0 Å². The highest BCUT2D eigenvalue weighted by Crippen LogP contribution is 2.43. The molecular weight excluding hydrogens is 657 g/mol. The van der Waals surface area contributed by atoms with Crippen LogP contribution in [0.25, 0.3) is 0 Å². The highest BCUT2D eigenvalue weighted by atomic mass is 33.7. The van der Waals surface area contributed by atoms with Crippen molar-refractivity contribution in [3.8, 4) is 0 Å². The van der Waals surface area contributed by atoms with Crippen LogP contribution >= 0.6 is 41.2 Å². The minimum atomic E-state index is -0.831. The van der Waals surface area contributed by atoms with E-state index in [4.69, 9.17) is 28.4 Å². The van der Waals surface area contributed by atoms with Crippen LogP contribution in [0.1, 0.15) is 170 Å². The molecule has 0 N–H and O–H groups in total. The van der Waals surface area contributed by atoms with Crippen molar-refractivity contribution in [1.29, 1.82) is 0 Å². The van der Waals surface area contributed by atoms with E-state index in [1.807, 2.05) is 82.8 Å². The van der Waals surface area contributed by atoms with Gasteiger partial charge in [-0.1, -0.05) is 111 Å². The first-order valence-electron chi connectivity index (χ1n) is 19.0. The van der Waals surface area contributed by atoms with Crippen LogP contribution < -0.4 is 0 Å². The van der Waals surface area contributed by atoms with Gasteiger partial charge in [0.2, 0.25) is 0 Å². The Morgan fingerprint density at radius 3 is 0.761 bits per heavy atom. The molecule has 0 saturated carbocycles. The van der Waals surface area contributed by atoms with Gasteiger partial charge in [0.15, 0.2) is 0 Å². The Morgan fingerprint density at radius 2 is 0.522 bits per heavy atom. The van der Waals surface area contributed by atoms with Crippen molar-refractivity contribution >= 4 is 41.2 Å². The number of hydrogen-bond acceptors (Lipinski definition) is 10. The molecule has 0 aromatic rings. The summed E-state index contributed by atoms with van der Waals surface area (Å²) in [4.78, 5) is 0. The predicted molar refractivity (Wildman–Crippen MR) is 208 cm³/mol. The van der Waals surface area contributed by atoms with Gasteiger partial charge in [0.05, 0.1) is 0 Å². The van der Waals surface area contributed by atoms with Gasteiger partial charge in [-0.2, -0.15) is 0 Å². The Morgan fingerprint density at radius 1 is 0.304 bits per heavy atom. The van der Waals surface area contributed by atoms with Gasteiger partial charge >= 0.3 is 0 Å². The Labute approximate surface area is 301 Å². The largest absolute Gasteiger partial charge is 0.328 e. The lowest BCUT2D eigenvalue weighted by Gasteiger charge is -2.32. The molecule has 10 heteroatoms. The topological polar surface area (TPSA) is 55.4 Å². The van der Waals surface area contributed by atoms with E-state index in [2.05, 4.69) is 0 Å². The number of hydrogen-bond donors (Lipinski definition) is 0. The molecule has 0 unspecified atom stereocenters. The summed E-state index contributed by atoms with van der Waals surface area (Å²) in [6.07, 6.45) is 25.2. The molecule has 0 bridgehead atoms. The van der Waals surface area contributed by atoms with Crippen molar-refractivity contribution in [2.45, 2.75) is 182 Å². The molecular formula is C36H74O6S4. The third-order valence-electron chi connectivity index (χ3n) is 7.73. The van der Waals surface area contributed by atoms with Gasteiger partial charge in [0.25, 0.3) is 11.9 Å². The smallest absolute Gasteiger partial charge is 0.282 e. The average molecular weight is 731 g/mol. The standard InChI is InChI=1S/C36H74O6S4/c1-7-37-35(38-8-2,39-9-3)31-27-23-19-15-13-17-21-25-29-33-43-45-46-44-34-30-26-22-18-14-16-20-24-28-32-36(40-10-4,41-11-5)42-12-6/h7-34H2,1-6H3. The van der Waals surface area contributed by atoms with E-state index in [1.54, 1.807) is 0 Å². The lowest BCUT2D eigenvalue weighted by Crippen LogP contribution is -2.39. The summed E-state index contributed by atoms with van der Waals surface area (Å²) >= 11 is 0. The summed E-state index contributed by atoms with van der Waals surface area (Å²) in [5.41, 5.74) is 0. The Bertz CT molecular complexity index is 521. The van der Waals surface area contributed by atoms with Gasteiger partial charge in [0.1, 0.15) is 0 Å². The maximum absolute atomic E-state index is 5.83. The second kappa shape index (κ2) is 36.0. The van der Waals surface area contributed by atoms with Crippen LogP contribution in [0, 0.1) is 0 Å². The monoisotopic (exact) mass is 730 g/mol. The molecule has 0 rings (SSSR count). The lowest BCUT2D eigenvalue weighted by atomic mass is 10.1. The zero-order valence-electron chi connectivity index (χ0n) is 30.9. The summed E-state index contributed by atoms with van der Waals surface area (Å²) in [6, 6.07) is 0. The van der Waals surface area contributed by atoms with Crippen LogP contribution in [0.4, 0.5) is 0 Å². The fourth-order valence-electron chi connectivity index (χ4n) is 5.59. The lowest BCUT2D eigenvalue weighted by molar-refractivity contribution is -0.380. The van der Waals surface area contributed by atoms with E-state index in [0.717, 1.165) is 25.7 Å². The third kappa shape index (κ3) is 27.9. The maximum atomic E-state index is 5.83. The van der Waals surface area contributed by atoms with Gasteiger partial charge in [-0.25, -0.2) is 0 Å². The van der Waals surface area contributed by atoms with E-state index in [1.165, 1.54) is 114 Å². The minimum absolute atomic E-state index is 0.613. The van der Waals surface area contributed by atoms with Crippen molar-refractivity contribution in [2.75, 3.05) is 51.1 Å². The minimum Gasteiger partial charge on any atom is -0.328 e. The van der Waals surface area contributed by atoms with Crippen molar-refractivity contribution in [3.05, 3.63) is 0 Å². The quantitative estimate of drug-likeness (QED) is 0.0347. The van der Waals surface area contributed by atoms with Gasteiger partial charge in [-0.15, -0.1) is 0 Å². The molecule has 0 amide bonds. The molecule has 0 aromatic carbocycles. The Hall–Kier alpha value is 1.16. The number of ether oxygens (including phenoxy) is 6. The molecule has 0 saturated heterocycles. The van der Waals surface area contributed by atoms with Crippen LogP contribution in [-0.4, -0.2) is 63.1 Å². The van der Waals surface area contributed by atoms with Crippen molar-refractivity contribution in [1.82, 2.24) is 0 Å². The number of rotatable bonds is 39. The van der Waals surface area contributed by atoms with Gasteiger partial charge in [0, 0.05) is 64.0 Å². The molecule has 0 heterocycles. The molecule has 0 aliphatic heterocycles. The summed E-state index contributed by atoms with van der Waals surface area (Å²) in [5, 5.41) is 0. The second-order valence-electron chi connectivity index (χ2n) is 11.6. The van der Waals surface area contributed by atoms with Crippen LogP contribution in [0.5, 0.6) is 0 Å². The molecule has 278 valence electrons. The first-order chi connectivity index (χ1) is 22.6. The first kappa shape index (κ1) is 47.2. The molecule has 0 spiro atoms. The van der Waals surface area contributed by atoms with Crippen LogP contribution in [-0.2, 0) is 28.4 Å². The van der Waals surface area contributed by atoms with Crippen LogP contribution in [0.2, 0.25) is 0 Å². The summed E-state index contributed by atoms with van der Waals surface area (Å²) < 4.78 is 35.0. The van der Waals surface area contributed by atoms with E-state index < -0.39 is 11.9 Å². The molecule has 0 atom stereocenters. The summed E-state index contributed by atoms with van der Waals surface area (Å²) in [6.45, 7) is 15.7. The molecule has 6 nitrogen and oxygen atoms in total. The van der Waals surface area contributed by atoms with Crippen LogP contribution in [0.15, 0.2) is 0 Å². The third-order valence-corrected chi connectivity index (χ3v) is 14.4. The van der Waals surface area contributed by atoms with Crippen molar-refractivity contribution < 1.29 is 28.4 Å². The first-order valence-corrected chi connectivity index (χ1v) is 24.1. The van der Waals surface area contributed by atoms with Crippen LogP contribution in [0.3, 0.4) is 0 Å². The van der Waals surface area contributed by atoms with E-state index in [-0.39, 0.29) is 0 Å². The fraction of sp³-hybridized carbons (Fsp3) is 1.00. The summed E-state index contributed by atoms with van der Waals surface area (Å²) in [7, 11) is 8.04. The zero-order chi connectivity index (χ0) is 33.9. The molecule has 46 heavy (non-hydrogen) atoms. The molecule has 0 fully saturated rings. The molecule has 0 aliphatic carbocycles. The molecule has 0 aliphatic rings. The molecule has 0 aromatic heterocycles. The van der Waals surface area contributed by atoms with E-state index in [0.29, 0.717) is 39.6 Å². The van der Waals surface area contributed by atoms with Crippen molar-refractivity contribution in [3.63, 3.8) is 0 Å². The van der Waals surface area contributed by atoms with E-state index >= 15 is 0 Å². The average Bonchev–Trinajstić information content (AvgIpc) is 3.03. The van der Waals surface area contributed by atoms with E-state index in [9.17, 15) is 0 Å². The highest BCUT2D eigenvalue weighted by molar-refractivity contribution is 9.26. The van der Waals surface area contributed by atoms with Gasteiger partial charge in [-0.05, 0) is 86.9 Å². The Kier molecular flexibility index (Phi) is 36.9. The summed E-state index contributed by atoms with van der Waals surface area (Å²) in [5.74, 6) is 0.905. The SMILES string of the molecule is CCOC(CCCCCCCCCCCSSSSCCCCCCCCCCCC(OCC)(OCC)OCC)(OCC)OCC. The highest BCUT2D eigenvalue weighted by Gasteiger charge is 2.32. The predicted octanol–water partition coefficient (Wildman–Crippen LogP) is 13.0. The number of unbranched alkanes of at least 4 members (excludes halogenated alkanes) is 16. The van der Waals surface area contributed by atoms with Gasteiger partial charge < -0.3 is 28.4 Å². The zero-order valence-corrected chi connectivity index (χ0v) is 34.1. The Balaban J connectivity index is 3.42. The maximum Gasteiger partial charge on any atom is 0.282 e.